The van der Waals surface area contributed by atoms with Crippen LogP contribution in [-0.4, -0.2) is 36.7 Å². The summed E-state index contributed by atoms with van der Waals surface area (Å²) < 4.78 is 18.1. The van der Waals surface area contributed by atoms with Crippen molar-refractivity contribution < 1.29 is 24.1 Å². The van der Waals surface area contributed by atoms with E-state index in [1.807, 2.05) is 6.92 Å². The molecule has 1 aromatic rings. The third-order valence-corrected chi connectivity index (χ3v) is 8.37. The van der Waals surface area contributed by atoms with Crippen LogP contribution in [0, 0.1) is 22.7 Å². The number of carboxylic acid groups (broad SMARTS) is 1. The molecule has 2 aliphatic carbocycles. The van der Waals surface area contributed by atoms with E-state index in [1.165, 1.54) is 11.6 Å². The molecule has 2 saturated carbocycles. The van der Waals surface area contributed by atoms with Gasteiger partial charge in [-0.15, -0.1) is 0 Å². The Balaban J connectivity index is 1.51. The maximum atomic E-state index is 11.5. The molecule has 1 saturated heterocycles. The Kier molecular flexibility index (Phi) is 6.14. The molecule has 0 amide bonds. The van der Waals surface area contributed by atoms with Crippen LogP contribution in [0.2, 0.25) is 5.02 Å². The molecule has 0 spiro atoms. The zero-order valence-electron chi connectivity index (χ0n) is 18.7. The number of ether oxygens (including phenoxy) is 3. The maximum absolute atomic E-state index is 11.5. The fraction of sp³-hybridized carbons (Fsp3) is 0.640. The van der Waals surface area contributed by atoms with Gasteiger partial charge in [-0.05, 0) is 74.5 Å². The minimum atomic E-state index is -1.02. The molecule has 3 aliphatic rings. The fourth-order valence-corrected chi connectivity index (χ4v) is 6.73. The summed E-state index contributed by atoms with van der Waals surface area (Å²) in [6.07, 6.45) is 5.13. The number of allylic oxidation sites excluding steroid dienone is 1. The second kappa shape index (κ2) is 8.42. The highest BCUT2D eigenvalue weighted by Gasteiger charge is 2.59. The van der Waals surface area contributed by atoms with Gasteiger partial charge in [0.15, 0.2) is 6.29 Å². The quantitative estimate of drug-likeness (QED) is 0.563. The molecular formula is C25H33ClO5. The largest absolute Gasteiger partial charge is 0.493 e. The summed E-state index contributed by atoms with van der Waals surface area (Å²) in [5, 5.41) is 9.90. The van der Waals surface area contributed by atoms with Crippen LogP contribution >= 0.6 is 11.6 Å². The Bertz CT molecular complexity index is 869. The molecule has 0 aromatic heterocycles. The van der Waals surface area contributed by atoms with Crippen LogP contribution in [0.3, 0.4) is 0 Å². The van der Waals surface area contributed by atoms with Gasteiger partial charge < -0.3 is 19.3 Å². The van der Waals surface area contributed by atoms with Gasteiger partial charge in [0.2, 0.25) is 0 Å². The second-order valence-electron chi connectivity index (χ2n) is 9.94. The van der Waals surface area contributed by atoms with Crippen LogP contribution in [0.5, 0.6) is 5.75 Å². The van der Waals surface area contributed by atoms with Gasteiger partial charge in [0, 0.05) is 10.4 Å². The highest BCUT2D eigenvalue weighted by molar-refractivity contribution is 6.30. The lowest BCUT2D eigenvalue weighted by atomic mass is 9.46. The number of carbonyl (C=O) groups is 1. The summed E-state index contributed by atoms with van der Waals surface area (Å²) in [5.74, 6) is 0.110. The third-order valence-electron chi connectivity index (χ3n) is 8.14. The smallest absolute Gasteiger partial charge is 0.339 e. The SMILES string of the molecule is C=C1CCC2[C@]3(C)CO[C@@H](C)O[C@@H]3CC[C@@]2(C)[C@@H]1CCOc1cc(Cl)ccc1C(=O)O. The Morgan fingerprint density at radius 1 is 1.32 bits per heavy atom. The number of carboxylic acids is 1. The summed E-state index contributed by atoms with van der Waals surface area (Å²) in [6.45, 7) is 12.3. The summed E-state index contributed by atoms with van der Waals surface area (Å²) >= 11 is 6.07. The first kappa shape index (κ1) is 22.6. The van der Waals surface area contributed by atoms with Crippen molar-refractivity contribution >= 4 is 17.6 Å². The Labute approximate surface area is 189 Å². The fourth-order valence-electron chi connectivity index (χ4n) is 6.57. The first-order valence-corrected chi connectivity index (χ1v) is 11.6. The number of fused-ring (bicyclic) bond motifs is 3. The molecule has 31 heavy (non-hydrogen) atoms. The van der Waals surface area contributed by atoms with Gasteiger partial charge in [0.05, 0.1) is 19.3 Å². The zero-order chi connectivity index (χ0) is 22.4. The van der Waals surface area contributed by atoms with Crippen LogP contribution in [0.25, 0.3) is 0 Å². The van der Waals surface area contributed by atoms with Crippen LogP contribution < -0.4 is 4.74 Å². The average Bonchev–Trinajstić information content (AvgIpc) is 2.70. The third kappa shape index (κ3) is 4.01. The molecule has 1 aliphatic heterocycles. The molecule has 1 unspecified atom stereocenters. The van der Waals surface area contributed by atoms with Gasteiger partial charge >= 0.3 is 5.97 Å². The Morgan fingerprint density at radius 3 is 2.84 bits per heavy atom. The molecule has 6 heteroatoms. The van der Waals surface area contributed by atoms with Crippen molar-refractivity contribution in [3.63, 3.8) is 0 Å². The molecular weight excluding hydrogens is 416 g/mol. The van der Waals surface area contributed by atoms with Gasteiger partial charge in [-0.2, -0.15) is 0 Å². The Hall–Kier alpha value is -1.56. The van der Waals surface area contributed by atoms with Gasteiger partial charge in [-0.25, -0.2) is 4.79 Å². The van der Waals surface area contributed by atoms with E-state index in [2.05, 4.69) is 20.4 Å². The lowest BCUT2D eigenvalue weighted by Crippen LogP contribution is -2.61. The Morgan fingerprint density at radius 2 is 2.10 bits per heavy atom. The summed E-state index contributed by atoms with van der Waals surface area (Å²) in [5.41, 5.74) is 1.51. The lowest BCUT2D eigenvalue weighted by molar-refractivity contribution is -0.297. The van der Waals surface area contributed by atoms with Gasteiger partial charge in [-0.1, -0.05) is 37.6 Å². The van der Waals surface area contributed by atoms with E-state index < -0.39 is 5.97 Å². The van der Waals surface area contributed by atoms with Crippen molar-refractivity contribution in [1.29, 1.82) is 0 Å². The molecule has 6 atom stereocenters. The summed E-state index contributed by atoms with van der Waals surface area (Å²) in [6, 6.07) is 4.64. The molecule has 1 heterocycles. The van der Waals surface area contributed by atoms with Crippen LogP contribution in [0.15, 0.2) is 30.4 Å². The number of benzene rings is 1. The first-order valence-electron chi connectivity index (χ1n) is 11.3. The number of hydrogen-bond donors (Lipinski definition) is 1. The molecule has 0 bridgehead atoms. The number of halogens is 1. The van der Waals surface area contributed by atoms with Crippen molar-refractivity contribution in [2.24, 2.45) is 22.7 Å². The molecule has 1 N–H and O–H groups in total. The highest BCUT2D eigenvalue weighted by Crippen LogP contribution is 2.63. The van der Waals surface area contributed by atoms with Crippen molar-refractivity contribution in [2.75, 3.05) is 13.2 Å². The van der Waals surface area contributed by atoms with Gasteiger partial charge in [0.1, 0.15) is 11.3 Å². The number of rotatable bonds is 5. The average molecular weight is 449 g/mol. The van der Waals surface area contributed by atoms with E-state index in [9.17, 15) is 9.90 Å². The molecule has 0 radical (unpaired) electrons. The second-order valence-corrected chi connectivity index (χ2v) is 10.4. The van der Waals surface area contributed by atoms with Crippen LogP contribution in [-0.2, 0) is 9.47 Å². The van der Waals surface area contributed by atoms with E-state index in [-0.39, 0.29) is 28.8 Å². The predicted molar refractivity (Wildman–Crippen MR) is 120 cm³/mol. The van der Waals surface area contributed by atoms with Crippen molar-refractivity contribution in [3.8, 4) is 5.75 Å². The standard InChI is InChI=1S/C25H33ClO5/c1-15-5-8-21-24(3,11-9-22-25(21,4)14-30-16(2)31-22)19(15)10-12-29-20-13-17(26)6-7-18(20)23(27)28/h6-7,13,16,19,21-22H,1,5,8-12,14H2,2-4H3,(H,27,28)/t16-,19-,21?,22-,24+,25+/m1/s1. The highest BCUT2D eigenvalue weighted by atomic mass is 35.5. The van der Waals surface area contributed by atoms with E-state index in [4.69, 9.17) is 25.8 Å². The zero-order valence-corrected chi connectivity index (χ0v) is 19.4. The lowest BCUT2D eigenvalue weighted by Gasteiger charge is -2.62. The van der Waals surface area contributed by atoms with Crippen LogP contribution in [0.4, 0.5) is 0 Å². The predicted octanol–water partition coefficient (Wildman–Crippen LogP) is 5.96. The molecule has 4 rings (SSSR count). The molecule has 3 fully saturated rings. The normalized spacial score (nSPS) is 37.6. The minimum absolute atomic E-state index is 0.00273. The van der Waals surface area contributed by atoms with E-state index in [1.54, 1.807) is 12.1 Å². The first-order chi connectivity index (χ1) is 14.6. The van der Waals surface area contributed by atoms with Crippen molar-refractivity contribution in [2.45, 2.75) is 65.3 Å². The van der Waals surface area contributed by atoms with Gasteiger partial charge in [-0.3, -0.25) is 0 Å². The topological polar surface area (TPSA) is 65.0 Å². The molecule has 5 nitrogen and oxygen atoms in total. The van der Waals surface area contributed by atoms with E-state index in [0.717, 1.165) is 38.7 Å². The minimum Gasteiger partial charge on any atom is -0.493 e. The summed E-state index contributed by atoms with van der Waals surface area (Å²) in [4.78, 5) is 11.5. The maximum Gasteiger partial charge on any atom is 0.339 e. The van der Waals surface area contributed by atoms with Gasteiger partial charge in [0.25, 0.3) is 0 Å². The van der Waals surface area contributed by atoms with E-state index >= 15 is 0 Å². The molecule has 1 aromatic carbocycles. The van der Waals surface area contributed by atoms with Crippen molar-refractivity contribution in [1.82, 2.24) is 0 Å². The van der Waals surface area contributed by atoms with Crippen molar-refractivity contribution in [3.05, 3.63) is 40.9 Å². The molecule has 170 valence electrons. The number of hydrogen-bond acceptors (Lipinski definition) is 4. The summed E-state index contributed by atoms with van der Waals surface area (Å²) in [7, 11) is 0. The number of aromatic carboxylic acids is 1. The van der Waals surface area contributed by atoms with E-state index in [0.29, 0.717) is 29.2 Å². The monoisotopic (exact) mass is 448 g/mol. The van der Waals surface area contributed by atoms with Crippen LogP contribution in [0.1, 0.15) is 63.2 Å².